The third-order valence-corrected chi connectivity index (χ3v) is 1.37. The van der Waals surface area contributed by atoms with Gasteiger partial charge in [-0.1, -0.05) is 41.9 Å². The molecule has 0 saturated carbocycles. The number of carbonyl (C=O) groups is 1. The molecule has 0 aliphatic carbocycles. The Hall–Kier alpha value is 0.760. The van der Waals surface area contributed by atoms with Crippen LogP contribution in [0.25, 0.3) is 0 Å². The third-order valence-electron chi connectivity index (χ3n) is 0.988. The van der Waals surface area contributed by atoms with Crippen LogP contribution in [0.3, 0.4) is 0 Å². The molecule has 0 bridgehead atoms. The van der Waals surface area contributed by atoms with Crippen molar-refractivity contribution < 1.29 is 40.5 Å². The van der Waals surface area contributed by atoms with E-state index in [0.717, 1.165) is 12.8 Å². The van der Waals surface area contributed by atoms with Gasteiger partial charge in [0.1, 0.15) is 0 Å². The molecule has 0 aromatic heterocycles. The molecule has 64 valence electrons. The summed E-state index contributed by atoms with van der Waals surface area (Å²) in [5.74, 6) is 4.60. The summed E-state index contributed by atoms with van der Waals surface area (Å²) >= 11 is 2.08. The number of alkyl halides is 1. The third kappa shape index (κ3) is 10.8. The Labute approximate surface area is 111 Å². The van der Waals surface area contributed by atoms with E-state index >= 15 is 0 Å². The summed E-state index contributed by atoms with van der Waals surface area (Å²) < 4.78 is 5.44. The molecular weight excluding hydrogens is 278 g/mol. The largest absolute Gasteiger partial charge is 1.00 e. The van der Waals surface area contributed by atoms with Crippen LogP contribution in [0, 0.1) is 11.8 Å². The smallest absolute Gasteiger partial charge is 1.00 e. The fourth-order valence-electron chi connectivity index (χ4n) is 0.451. The zero-order chi connectivity index (χ0) is 8.53. The maximum atomic E-state index is 10.7. The molecule has 0 aromatic rings. The van der Waals surface area contributed by atoms with Crippen molar-refractivity contribution in [2.75, 3.05) is 11.0 Å². The molecule has 0 fully saturated rings. The number of carbonyl (C=O) groups excluding carboxylic acids is 1. The van der Waals surface area contributed by atoms with Gasteiger partial charge in [0.15, 0.2) is 0 Å². The number of rotatable bonds is 3. The van der Waals surface area contributed by atoms with Crippen molar-refractivity contribution in [3.05, 3.63) is 0 Å². The molecule has 4 heteroatoms. The van der Waals surface area contributed by atoms with Gasteiger partial charge in [-0.25, -0.2) is 4.79 Å². The van der Waals surface area contributed by atoms with Gasteiger partial charge < -0.3 is 6.16 Å². The Morgan fingerprint density at radius 3 is 2.83 bits per heavy atom. The van der Waals surface area contributed by atoms with Crippen molar-refractivity contribution in [3.8, 4) is 11.8 Å². The van der Waals surface area contributed by atoms with E-state index in [2.05, 4.69) is 34.4 Å². The Bertz CT molecular complexity index is 177. The van der Waals surface area contributed by atoms with E-state index in [0.29, 0.717) is 11.0 Å². The molecular formula is C8H12INaO2. The SMILES string of the molecule is CCCCOC(=O)C#CCI.[H-].[Na+]. The van der Waals surface area contributed by atoms with E-state index in [9.17, 15) is 4.79 Å². The van der Waals surface area contributed by atoms with Gasteiger partial charge in [0.25, 0.3) is 0 Å². The minimum atomic E-state index is -0.407. The Morgan fingerprint density at radius 2 is 2.33 bits per heavy atom. The van der Waals surface area contributed by atoms with Crippen LogP contribution in [-0.2, 0) is 9.53 Å². The first-order valence-corrected chi connectivity index (χ1v) is 5.05. The quantitative estimate of drug-likeness (QED) is 0.125. The van der Waals surface area contributed by atoms with Gasteiger partial charge in [-0.2, -0.15) is 0 Å². The average molecular weight is 290 g/mol. The standard InChI is InChI=1S/C8H11IO2.Na.H/c1-2-3-7-11-8(10)5-4-6-9;;/h2-3,6-7H2,1H3;;/q;+1;-1. The van der Waals surface area contributed by atoms with Crippen molar-refractivity contribution >= 4 is 28.6 Å². The first kappa shape index (κ1) is 15.2. The van der Waals surface area contributed by atoms with E-state index in [1.807, 2.05) is 6.92 Å². The summed E-state index contributed by atoms with van der Waals surface area (Å²) in [7, 11) is 0. The topological polar surface area (TPSA) is 26.3 Å². The first-order valence-electron chi connectivity index (χ1n) is 3.52. The molecule has 0 spiro atoms. The first-order chi connectivity index (χ1) is 5.31. The number of halogens is 1. The predicted molar refractivity (Wildman–Crippen MR) is 53.6 cm³/mol. The van der Waals surface area contributed by atoms with Crippen LogP contribution in [0.2, 0.25) is 0 Å². The molecule has 0 atom stereocenters. The fourth-order valence-corrected chi connectivity index (χ4v) is 0.642. The number of hydrogen-bond donors (Lipinski definition) is 0. The van der Waals surface area contributed by atoms with Gasteiger partial charge in [0.2, 0.25) is 0 Å². The van der Waals surface area contributed by atoms with Crippen LogP contribution in [0.15, 0.2) is 0 Å². The van der Waals surface area contributed by atoms with Gasteiger partial charge in [0, 0.05) is 5.92 Å². The van der Waals surface area contributed by atoms with Crippen LogP contribution >= 0.6 is 22.6 Å². The number of unbranched alkanes of at least 4 members (excludes halogenated alkanes) is 1. The van der Waals surface area contributed by atoms with E-state index in [4.69, 9.17) is 4.74 Å². The van der Waals surface area contributed by atoms with E-state index in [1.54, 1.807) is 0 Å². The monoisotopic (exact) mass is 290 g/mol. The van der Waals surface area contributed by atoms with Gasteiger partial charge in [-0.05, 0) is 6.42 Å². The predicted octanol–water partition coefficient (Wildman–Crippen LogP) is -1.12. The minimum Gasteiger partial charge on any atom is -1.00 e. The number of ether oxygens (including phenoxy) is 1. The van der Waals surface area contributed by atoms with Crippen LogP contribution in [-0.4, -0.2) is 17.0 Å². The van der Waals surface area contributed by atoms with Gasteiger partial charge in [-0.3, -0.25) is 0 Å². The zero-order valence-corrected chi connectivity index (χ0v) is 11.7. The maximum absolute atomic E-state index is 10.7. The second kappa shape index (κ2) is 11.8. The normalized spacial score (nSPS) is 7.50. The molecule has 0 amide bonds. The molecule has 0 aliphatic heterocycles. The molecule has 12 heavy (non-hydrogen) atoms. The van der Waals surface area contributed by atoms with Crippen molar-refractivity contribution in [2.45, 2.75) is 19.8 Å². The van der Waals surface area contributed by atoms with Crippen molar-refractivity contribution in [1.29, 1.82) is 0 Å². The molecule has 0 radical (unpaired) electrons. The Kier molecular flexibility index (Phi) is 14.9. The van der Waals surface area contributed by atoms with Crippen LogP contribution in [0.4, 0.5) is 0 Å². The second-order valence-corrected chi connectivity index (χ2v) is 2.69. The van der Waals surface area contributed by atoms with Crippen molar-refractivity contribution in [3.63, 3.8) is 0 Å². The average Bonchev–Trinajstić information content (AvgIpc) is 2.01. The molecule has 2 nitrogen and oxygen atoms in total. The van der Waals surface area contributed by atoms with Crippen LogP contribution < -0.4 is 29.6 Å². The van der Waals surface area contributed by atoms with Gasteiger partial charge >= 0.3 is 35.5 Å². The summed E-state index contributed by atoms with van der Waals surface area (Å²) in [5.41, 5.74) is 0. The molecule has 0 heterocycles. The number of esters is 1. The molecule has 0 aromatic carbocycles. The zero-order valence-electron chi connectivity index (χ0n) is 8.52. The summed E-state index contributed by atoms with van der Waals surface area (Å²) in [6.07, 6.45) is 1.95. The molecule has 0 saturated heterocycles. The summed E-state index contributed by atoms with van der Waals surface area (Å²) in [6.45, 7) is 2.54. The van der Waals surface area contributed by atoms with Gasteiger partial charge in [-0.15, -0.1) is 0 Å². The Morgan fingerprint density at radius 1 is 1.67 bits per heavy atom. The number of hydrogen-bond acceptors (Lipinski definition) is 2. The maximum Gasteiger partial charge on any atom is 1.00 e. The summed E-state index contributed by atoms with van der Waals surface area (Å²) in [4.78, 5) is 10.7. The van der Waals surface area contributed by atoms with Crippen LogP contribution in [0.5, 0.6) is 0 Å². The van der Waals surface area contributed by atoms with E-state index in [-0.39, 0.29) is 31.0 Å². The van der Waals surface area contributed by atoms with E-state index in [1.165, 1.54) is 0 Å². The minimum absolute atomic E-state index is 0. The van der Waals surface area contributed by atoms with Crippen molar-refractivity contribution in [2.24, 2.45) is 0 Å². The second-order valence-electron chi connectivity index (χ2n) is 1.92. The van der Waals surface area contributed by atoms with Crippen molar-refractivity contribution in [1.82, 2.24) is 0 Å². The van der Waals surface area contributed by atoms with Gasteiger partial charge in [0.05, 0.1) is 11.0 Å². The molecule has 0 aliphatic rings. The molecule has 0 N–H and O–H groups in total. The van der Waals surface area contributed by atoms with Crippen LogP contribution in [0.1, 0.15) is 21.2 Å². The van der Waals surface area contributed by atoms with E-state index < -0.39 is 5.97 Å². The fraction of sp³-hybridized carbons (Fsp3) is 0.625. The Balaban J connectivity index is -0.000000500. The molecule has 0 rings (SSSR count). The molecule has 0 unspecified atom stereocenters. The summed E-state index contributed by atoms with van der Waals surface area (Å²) in [6, 6.07) is 0. The summed E-state index contributed by atoms with van der Waals surface area (Å²) in [5, 5.41) is 0.